The number of para-hydroxylation sites is 1. The minimum atomic E-state index is -0.339. The third-order valence-electron chi connectivity index (χ3n) is 6.67. The van der Waals surface area contributed by atoms with Gasteiger partial charge in [0.15, 0.2) is 0 Å². The maximum absolute atomic E-state index is 13.2. The van der Waals surface area contributed by atoms with Crippen LogP contribution >= 0.6 is 11.8 Å². The summed E-state index contributed by atoms with van der Waals surface area (Å²) in [4.78, 5) is 27.6. The van der Waals surface area contributed by atoms with Crippen molar-refractivity contribution in [2.75, 3.05) is 0 Å². The lowest BCUT2D eigenvalue weighted by atomic mass is 10.0. The van der Waals surface area contributed by atoms with E-state index >= 15 is 0 Å². The second kappa shape index (κ2) is 9.45. The van der Waals surface area contributed by atoms with Gasteiger partial charge >= 0.3 is 0 Å². The first-order valence-corrected chi connectivity index (χ1v) is 12.7. The molecule has 5 aromatic rings. The van der Waals surface area contributed by atoms with Crippen molar-refractivity contribution in [3.05, 3.63) is 124 Å². The molecular weight excluding hydrogens is 478 g/mol. The van der Waals surface area contributed by atoms with E-state index in [9.17, 15) is 14.9 Å². The van der Waals surface area contributed by atoms with Crippen LogP contribution in [0, 0.1) is 11.3 Å². The van der Waals surface area contributed by atoms with E-state index in [1.165, 1.54) is 21.2 Å². The molecule has 0 saturated carbocycles. The number of thioether (sulfide) groups is 1. The van der Waals surface area contributed by atoms with E-state index in [0.717, 1.165) is 28.2 Å². The van der Waals surface area contributed by atoms with Crippen molar-refractivity contribution >= 4 is 50.7 Å². The third kappa shape index (κ3) is 4.20. The highest BCUT2D eigenvalue weighted by atomic mass is 32.2. The van der Waals surface area contributed by atoms with E-state index in [2.05, 4.69) is 53.1 Å². The molecule has 1 aliphatic rings. The van der Waals surface area contributed by atoms with Crippen molar-refractivity contribution in [2.45, 2.75) is 13.1 Å². The van der Waals surface area contributed by atoms with Crippen molar-refractivity contribution in [1.82, 2.24) is 9.47 Å². The van der Waals surface area contributed by atoms with Gasteiger partial charge in [-0.05, 0) is 51.9 Å². The van der Waals surface area contributed by atoms with E-state index in [4.69, 9.17) is 0 Å². The van der Waals surface area contributed by atoms with Crippen molar-refractivity contribution < 1.29 is 9.59 Å². The molecule has 0 unspecified atom stereocenters. The average molecular weight is 500 g/mol. The van der Waals surface area contributed by atoms with Crippen molar-refractivity contribution in [3.8, 4) is 6.07 Å². The zero-order valence-electron chi connectivity index (χ0n) is 19.8. The van der Waals surface area contributed by atoms with Crippen molar-refractivity contribution in [2.24, 2.45) is 0 Å². The van der Waals surface area contributed by atoms with E-state index in [1.54, 1.807) is 24.3 Å². The first-order valence-electron chi connectivity index (χ1n) is 11.9. The zero-order valence-corrected chi connectivity index (χ0v) is 20.6. The van der Waals surface area contributed by atoms with Crippen LogP contribution in [0.5, 0.6) is 0 Å². The van der Waals surface area contributed by atoms with Gasteiger partial charge in [0.25, 0.3) is 11.1 Å². The lowest BCUT2D eigenvalue weighted by Gasteiger charge is -2.13. The summed E-state index contributed by atoms with van der Waals surface area (Å²) in [5.41, 5.74) is 4.27. The van der Waals surface area contributed by atoms with Crippen LogP contribution in [0.15, 0.2) is 102 Å². The van der Waals surface area contributed by atoms with E-state index in [0.29, 0.717) is 22.6 Å². The monoisotopic (exact) mass is 499 g/mol. The third-order valence-corrected chi connectivity index (χ3v) is 7.57. The Bertz CT molecular complexity index is 1770. The number of nitrogens with zero attached hydrogens (tertiary/aromatic N) is 3. The Morgan fingerprint density at radius 2 is 1.49 bits per heavy atom. The van der Waals surface area contributed by atoms with Crippen LogP contribution in [-0.4, -0.2) is 20.6 Å². The summed E-state index contributed by atoms with van der Waals surface area (Å²) >= 11 is 0.939. The Kier molecular flexibility index (Phi) is 5.84. The fourth-order valence-corrected chi connectivity index (χ4v) is 5.68. The first-order chi connectivity index (χ1) is 18.1. The normalized spacial score (nSPS) is 14.7. The Morgan fingerprint density at radius 1 is 0.784 bits per heavy atom. The van der Waals surface area contributed by atoms with E-state index in [-0.39, 0.29) is 17.7 Å². The summed E-state index contributed by atoms with van der Waals surface area (Å²) < 4.78 is 2.19. The fourth-order valence-electron chi connectivity index (χ4n) is 4.85. The molecule has 0 spiro atoms. The predicted molar refractivity (Wildman–Crippen MR) is 148 cm³/mol. The van der Waals surface area contributed by atoms with Gasteiger partial charge in [0.1, 0.15) is 0 Å². The molecule has 6 heteroatoms. The van der Waals surface area contributed by atoms with Gasteiger partial charge in [0.05, 0.1) is 23.1 Å². The van der Waals surface area contributed by atoms with Crippen LogP contribution in [-0.2, 0) is 17.9 Å². The summed E-state index contributed by atoms with van der Waals surface area (Å²) in [6, 6.07) is 31.9. The number of hydrogen-bond donors (Lipinski definition) is 0. The molecule has 2 amide bonds. The van der Waals surface area contributed by atoms with Gasteiger partial charge in [0, 0.05) is 29.2 Å². The lowest BCUT2D eigenvalue weighted by molar-refractivity contribution is -0.123. The predicted octanol–water partition coefficient (Wildman–Crippen LogP) is 6.95. The van der Waals surface area contributed by atoms with Crippen molar-refractivity contribution in [3.63, 3.8) is 0 Å². The lowest BCUT2D eigenvalue weighted by Crippen LogP contribution is -2.27. The second-order valence-corrected chi connectivity index (χ2v) is 9.90. The minimum Gasteiger partial charge on any atom is -0.342 e. The average Bonchev–Trinajstić information content (AvgIpc) is 3.41. The number of imide groups is 1. The summed E-state index contributed by atoms with van der Waals surface area (Å²) in [6.07, 6.45) is 3.86. The number of nitriles is 1. The number of benzene rings is 4. The van der Waals surface area contributed by atoms with Gasteiger partial charge in [0.2, 0.25) is 0 Å². The van der Waals surface area contributed by atoms with Gasteiger partial charge in [-0.15, -0.1) is 0 Å². The molecule has 4 aromatic carbocycles. The number of aromatic nitrogens is 1. The second-order valence-electron chi connectivity index (χ2n) is 8.90. The molecule has 6 rings (SSSR count). The standard InChI is InChI=1S/C31H21N3O2S/c32-17-22-9-1-2-10-23(22)20-34-30(35)29(37-31(34)36)16-25-19-33(28-15-6-5-14-27(25)28)18-24-12-7-11-21-8-3-4-13-26(21)24/h1-16,19H,18,20H2/b29-16+. The summed E-state index contributed by atoms with van der Waals surface area (Å²) in [5.74, 6) is -0.339. The van der Waals surface area contributed by atoms with Crippen LogP contribution in [0.4, 0.5) is 4.79 Å². The van der Waals surface area contributed by atoms with Crippen molar-refractivity contribution in [1.29, 1.82) is 5.26 Å². The van der Waals surface area contributed by atoms with Crippen LogP contribution in [0.1, 0.15) is 22.3 Å². The summed E-state index contributed by atoms with van der Waals surface area (Å²) in [7, 11) is 0. The number of amides is 2. The van der Waals surface area contributed by atoms with Gasteiger partial charge < -0.3 is 4.57 Å². The van der Waals surface area contributed by atoms with E-state index < -0.39 is 0 Å². The SMILES string of the molecule is N#Cc1ccccc1CN1C(=O)S/C(=C/c2cn(Cc3cccc4ccccc34)c3ccccc23)C1=O. The molecule has 1 fully saturated rings. The van der Waals surface area contributed by atoms with Gasteiger partial charge in [-0.3, -0.25) is 14.5 Å². The highest BCUT2D eigenvalue weighted by Gasteiger charge is 2.35. The molecule has 0 bridgehead atoms. The molecule has 0 N–H and O–H groups in total. The van der Waals surface area contributed by atoms with Crippen LogP contribution in [0.25, 0.3) is 27.8 Å². The maximum Gasteiger partial charge on any atom is 0.293 e. The molecule has 37 heavy (non-hydrogen) atoms. The maximum atomic E-state index is 13.2. The van der Waals surface area contributed by atoms with Gasteiger partial charge in [-0.25, -0.2) is 0 Å². The van der Waals surface area contributed by atoms with Crippen LogP contribution in [0.3, 0.4) is 0 Å². The minimum absolute atomic E-state index is 0.0780. The number of fused-ring (bicyclic) bond motifs is 2. The number of rotatable bonds is 5. The topological polar surface area (TPSA) is 66.1 Å². The molecule has 0 radical (unpaired) electrons. The zero-order chi connectivity index (χ0) is 25.4. The Balaban J connectivity index is 1.35. The van der Waals surface area contributed by atoms with Crippen LogP contribution in [0.2, 0.25) is 0 Å². The molecule has 5 nitrogen and oxygen atoms in total. The largest absolute Gasteiger partial charge is 0.342 e. The molecule has 2 heterocycles. The Hall–Kier alpha value is -4.60. The fraction of sp³-hybridized carbons (Fsp3) is 0.0645. The Labute approximate surface area is 218 Å². The quantitative estimate of drug-likeness (QED) is 0.245. The Morgan fingerprint density at radius 3 is 2.35 bits per heavy atom. The number of carbonyl (C=O) groups is 2. The highest BCUT2D eigenvalue weighted by Crippen LogP contribution is 2.35. The first kappa shape index (κ1) is 22.8. The van der Waals surface area contributed by atoms with E-state index in [1.807, 2.05) is 36.5 Å². The van der Waals surface area contributed by atoms with Gasteiger partial charge in [-0.2, -0.15) is 5.26 Å². The molecule has 0 atom stereocenters. The molecular formula is C31H21N3O2S. The highest BCUT2D eigenvalue weighted by molar-refractivity contribution is 8.18. The molecule has 0 aliphatic carbocycles. The van der Waals surface area contributed by atoms with Crippen LogP contribution < -0.4 is 0 Å². The molecule has 1 aliphatic heterocycles. The van der Waals surface area contributed by atoms with Gasteiger partial charge in [-0.1, -0.05) is 78.9 Å². The molecule has 178 valence electrons. The number of hydrogen-bond acceptors (Lipinski definition) is 4. The summed E-state index contributed by atoms with van der Waals surface area (Å²) in [5, 5.41) is 12.5. The molecule has 1 aromatic heterocycles. The summed E-state index contributed by atoms with van der Waals surface area (Å²) in [6.45, 7) is 0.761. The number of carbonyl (C=O) groups excluding carboxylic acids is 2. The molecule has 1 saturated heterocycles. The smallest absolute Gasteiger partial charge is 0.293 e.